The van der Waals surface area contributed by atoms with E-state index in [2.05, 4.69) is 15.6 Å². The summed E-state index contributed by atoms with van der Waals surface area (Å²) in [6, 6.07) is 8.97. The largest absolute Gasteiger partial charge is 0.469 e. The number of hydrogen-bond acceptors (Lipinski definition) is 3. The van der Waals surface area contributed by atoms with Crippen LogP contribution in [0.1, 0.15) is 23.3 Å². The monoisotopic (exact) mass is 395 g/mol. The number of nitrogens with one attached hydrogen (secondary N) is 2. The molecule has 1 aromatic heterocycles. The van der Waals surface area contributed by atoms with Gasteiger partial charge in [-0.2, -0.15) is 13.2 Å². The minimum atomic E-state index is -4.36. The maximum atomic E-state index is 12.9. The predicted octanol–water partition coefficient (Wildman–Crippen LogP) is 3.61. The number of ether oxygens (including phenoxy) is 1. The van der Waals surface area contributed by atoms with Crippen LogP contribution in [0.25, 0.3) is 0 Å². The van der Waals surface area contributed by atoms with Gasteiger partial charge in [-0.1, -0.05) is 12.1 Å². The number of furan rings is 1. The first kappa shape index (κ1) is 20.3. The first-order chi connectivity index (χ1) is 13.5. The number of aliphatic imine (C=N–C) groups is 1. The maximum absolute atomic E-state index is 12.9. The average Bonchev–Trinajstić information content (AvgIpc) is 3.37. The van der Waals surface area contributed by atoms with Crippen molar-refractivity contribution in [1.82, 2.24) is 10.6 Å². The van der Waals surface area contributed by atoms with Gasteiger partial charge in [-0.3, -0.25) is 0 Å². The molecule has 1 saturated heterocycles. The number of halogens is 3. The molecule has 2 N–H and O–H groups in total. The molecule has 0 aliphatic carbocycles. The van der Waals surface area contributed by atoms with Crippen LogP contribution in [-0.4, -0.2) is 32.3 Å². The summed E-state index contributed by atoms with van der Waals surface area (Å²) in [6.07, 6.45) is -1.06. The fourth-order valence-corrected chi connectivity index (χ4v) is 2.93. The van der Waals surface area contributed by atoms with E-state index in [1.807, 2.05) is 12.1 Å². The molecule has 0 spiro atoms. The highest BCUT2D eigenvalue weighted by Gasteiger charge is 2.30. The van der Waals surface area contributed by atoms with Gasteiger partial charge in [0.1, 0.15) is 5.76 Å². The molecule has 1 aromatic carbocycles. The van der Waals surface area contributed by atoms with Gasteiger partial charge < -0.3 is 19.8 Å². The van der Waals surface area contributed by atoms with E-state index in [1.165, 1.54) is 6.07 Å². The van der Waals surface area contributed by atoms with Crippen LogP contribution < -0.4 is 10.6 Å². The molecule has 1 atom stereocenters. The molecule has 2 aromatic rings. The van der Waals surface area contributed by atoms with Crippen molar-refractivity contribution in [2.75, 3.05) is 26.3 Å². The van der Waals surface area contributed by atoms with Crippen molar-refractivity contribution >= 4 is 5.96 Å². The van der Waals surface area contributed by atoms with Crippen molar-refractivity contribution in [2.45, 2.75) is 25.6 Å². The number of nitrogens with zero attached hydrogens (tertiary/aromatic N) is 1. The van der Waals surface area contributed by atoms with Gasteiger partial charge in [0.05, 0.1) is 25.0 Å². The normalized spacial score (nSPS) is 17.7. The molecule has 0 saturated carbocycles. The fraction of sp³-hybridized carbons (Fsp3) is 0.450. The summed E-state index contributed by atoms with van der Waals surface area (Å²) in [5, 5.41) is 6.48. The molecule has 152 valence electrons. The molecule has 0 radical (unpaired) electrons. The van der Waals surface area contributed by atoms with E-state index < -0.39 is 11.7 Å². The lowest BCUT2D eigenvalue weighted by Gasteiger charge is -2.15. The van der Waals surface area contributed by atoms with E-state index >= 15 is 0 Å². The van der Waals surface area contributed by atoms with Crippen LogP contribution in [0.2, 0.25) is 0 Å². The Hall–Kier alpha value is -2.48. The van der Waals surface area contributed by atoms with Crippen LogP contribution >= 0.6 is 0 Å². The lowest BCUT2D eigenvalue weighted by Crippen LogP contribution is -2.40. The molecule has 1 unspecified atom stereocenters. The highest BCUT2D eigenvalue weighted by Crippen LogP contribution is 2.29. The summed E-state index contributed by atoms with van der Waals surface area (Å²) >= 11 is 0. The predicted molar refractivity (Wildman–Crippen MR) is 99.9 cm³/mol. The Labute approximate surface area is 162 Å². The SMILES string of the molecule is FC(F)(F)c1cccc(CN=C(NCCc2ccco2)NCC2CCOC2)c1. The van der Waals surface area contributed by atoms with E-state index in [4.69, 9.17) is 9.15 Å². The van der Waals surface area contributed by atoms with Gasteiger partial charge in [-0.25, -0.2) is 4.99 Å². The van der Waals surface area contributed by atoms with Crippen molar-refractivity contribution in [1.29, 1.82) is 0 Å². The first-order valence-electron chi connectivity index (χ1n) is 9.29. The summed E-state index contributed by atoms with van der Waals surface area (Å²) in [4.78, 5) is 4.45. The Morgan fingerprint density at radius 3 is 2.79 bits per heavy atom. The molecule has 0 bridgehead atoms. The van der Waals surface area contributed by atoms with Gasteiger partial charge in [0.15, 0.2) is 5.96 Å². The van der Waals surface area contributed by atoms with E-state index in [1.54, 1.807) is 12.3 Å². The molecule has 1 aliphatic rings. The van der Waals surface area contributed by atoms with Crippen molar-refractivity contribution in [2.24, 2.45) is 10.9 Å². The second-order valence-electron chi connectivity index (χ2n) is 6.73. The van der Waals surface area contributed by atoms with Crippen molar-refractivity contribution in [3.63, 3.8) is 0 Å². The number of benzene rings is 1. The Morgan fingerprint density at radius 2 is 2.07 bits per heavy atom. The third kappa shape index (κ3) is 6.30. The molecule has 1 aliphatic heterocycles. The lowest BCUT2D eigenvalue weighted by molar-refractivity contribution is -0.137. The van der Waals surface area contributed by atoms with Crippen LogP contribution in [0.3, 0.4) is 0 Å². The minimum absolute atomic E-state index is 0.154. The average molecular weight is 395 g/mol. The quantitative estimate of drug-likeness (QED) is 0.556. The van der Waals surface area contributed by atoms with Crippen molar-refractivity contribution < 1.29 is 22.3 Å². The smallest absolute Gasteiger partial charge is 0.416 e. The van der Waals surface area contributed by atoms with Crippen molar-refractivity contribution in [3.05, 3.63) is 59.5 Å². The molecule has 1 fully saturated rings. The Bertz CT molecular complexity index is 754. The third-order valence-corrected chi connectivity index (χ3v) is 4.50. The van der Waals surface area contributed by atoms with E-state index in [0.717, 1.165) is 30.9 Å². The molecule has 5 nitrogen and oxygen atoms in total. The van der Waals surface area contributed by atoms with Crippen LogP contribution in [-0.2, 0) is 23.9 Å². The minimum Gasteiger partial charge on any atom is -0.469 e. The Kier molecular flexibility index (Phi) is 6.97. The van der Waals surface area contributed by atoms with Crippen LogP contribution in [0.4, 0.5) is 13.2 Å². The number of alkyl halides is 3. The van der Waals surface area contributed by atoms with Crippen LogP contribution in [0, 0.1) is 5.92 Å². The maximum Gasteiger partial charge on any atom is 0.416 e. The van der Waals surface area contributed by atoms with Gasteiger partial charge in [-0.05, 0) is 36.2 Å². The highest BCUT2D eigenvalue weighted by molar-refractivity contribution is 5.79. The zero-order chi connectivity index (χ0) is 19.8. The van der Waals surface area contributed by atoms with Gasteiger partial charge in [0, 0.05) is 32.0 Å². The zero-order valence-electron chi connectivity index (χ0n) is 15.5. The second-order valence-corrected chi connectivity index (χ2v) is 6.73. The summed E-state index contributed by atoms with van der Waals surface area (Å²) in [7, 11) is 0. The third-order valence-electron chi connectivity index (χ3n) is 4.50. The molecule has 28 heavy (non-hydrogen) atoms. The Morgan fingerprint density at radius 1 is 1.18 bits per heavy atom. The number of guanidine groups is 1. The van der Waals surface area contributed by atoms with Crippen molar-refractivity contribution in [3.8, 4) is 0 Å². The standard InChI is InChI=1S/C20H24F3N3O2/c21-20(22,23)17-4-1-3-15(11-17)12-25-19(26-13-16-7-10-27-14-16)24-8-6-18-5-2-9-28-18/h1-5,9,11,16H,6-8,10,12-14H2,(H2,24,25,26). The van der Waals surface area contributed by atoms with Crippen LogP contribution in [0.15, 0.2) is 52.1 Å². The van der Waals surface area contributed by atoms with Gasteiger partial charge in [-0.15, -0.1) is 0 Å². The molecule has 3 rings (SSSR count). The molecular formula is C20H24F3N3O2. The molecule has 0 amide bonds. The molecular weight excluding hydrogens is 371 g/mol. The summed E-state index contributed by atoms with van der Waals surface area (Å²) in [6.45, 7) is 2.93. The van der Waals surface area contributed by atoms with Gasteiger partial charge in [0.25, 0.3) is 0 Å². The summed E-state index contributed by atoms with van der Waals surface area (Å²) in [5.41, 5.74) is -0.158. The zero-order valence-corrected chi connectivity index (χ0v) is 15.5. The van der Waals surface area contributed by atoms with E-state index in [-0.39, 0.29) is 6.54 Å². The topological polar surface area (TPSA) is 58.8 Å². The molecule has 2 heterocycles. The molecule has 8 heteroatoms. The first-order valence-corrected chi connectivity index (χ1v) is 9.29. The van der Waals surface area contributed by atoms with E-state index in [0.29, 0.717) is 43.6 Å². The number of rotatable bonds is 7. The van der Waals surface area contributed by atoms with E-state index in [9.17, 15) is 13.2 Å². The second kappa shape index (κ2) is 9.64. The summed E-state index contributed by atoms with van der Waals surface area (Å²) < 4.78 is 49.3. The summed E-state index contributed by atoms with van der Waals surface area (Å²) in [5.74, 6) is 1.83. The lowest BCUT2D eigenvalue weighted by atomic mass is 10.1. The van der Waals surface area contributed by atoms with Gasteiger partial charge in [0.2, 0.25) is 0 Å². The van der Waals surface area contributed by atoms with Gasteiger partial charge >= 0.3 is 6.18 Å². The van der Waals surface area contributed by atoms with Crippen LogP contribution in [0.5, 0.6) is 0 Å². The number of hydrogen-bond donors (Lipinski definition) is 2. The highest BCUT2D eigenvalue weighted by atomic mass is 19.4. The Balaban J connectivity index is 1.60. The fourth-order valence-electron chi connectivity index (χ4n) is 2.93.